The van der Waals surface area contributed by atoms with Gasteiger partial charge in [-0.15, -0.1) is 0 Å². The molecule has 1 amide bonds. The van der Waals surface area contributed by atoms with E-state index in [1.54, 1.807) is 13.1 Å². The van der Waals surface area contributed by atoms with Crippen molar-refractivity contribution in [3.63, 3.8) is 0 Å². The minimum Gasteiger partial charge on any atom is -0.484 e. The highest BCUT2D eigenvalue weighted by Crippen LogP contribution is 2.12. The molecule has 0 saturated carbocycles. The van der Waals surface area contributed by atoms with Crippen LogP contribution >= 0.6 is 0 Å². The van der Waals surface area contributed by atoms with Gasteiger partial charge in [0.2, 0.25) is 0 Å². The van der Waals surface area contributed by atoms with E-state index in [1.807, 2.05) is 42.5 Å². The van der Waals surface area contributed by atoms with Crippen LogP contribution in [0.15, 0.2) is 48.5 Å². The number of rotatable bonds is 7. The summed E-state index contributed by atoms with van der Waals surface area (Å²) >= 11 is 0. The van der Waals surface area contributed by atoms with Crippen molar-refractivity contribution in [2.75, 3.05) is 13.7 Å². The molecule has 118 valence electrons. The fourth-order valence-corrected chi connectivity index (χ4v) is 2.03. The third kappa shape index (κ3) is 5.46. The normalized spacial score (nSPS) is 9.91. The molecule has 0 bridgehead atoms. The second-order valence-corrected chi connectivity index (χ2v) is 5.02. The molecule has 0 radical (unpaired) electrons. The summed E-state index contributed by atoms with van der Waals surface area (Å²) in [6.45, 7) is 1.43. The molecule has 2 N–H and O–H groups in total. The van der Waals surface area contributed by atoms with Crippen LogP contribution in [0.3, 0.4) is 0 Å². The Hall–Kier alpha value is -2.84. The number of nitriles is 1. The maximum absolute atomic E-state index is 11.1. The van der Waals surface area contributed by atoms with Crippen molar-refractivity contribution in [2.24, 2.45) is 0 Å². The van der Waals surface area contributed by atoms with E-state index in [-0.39, 0.29) is 12.5 Å². The van der Waals surface area contributed by atoms with Gasteiger partial charge in [0.15, 0.2) is 6.61 Å². The fourth-order valence-electron chi connectivity index (χ4n) is 2.03. The third-order valence-corrected chi connectivity index (χ3v) is 3.29. The molecule has 0 saturated heterocycles. The number of nitrogens with zero attached hydrogens (tertiary/aromatic N) is 1. The van der Waals surface area contributed by atoms with Gasteiger partial charge < -0.3 is 15.4 Å². The van der Waals surface area contributed by atoms with Gasteiger partial charge in [0.25, 0.3) is 5.91 Å². The zero-order valence-electron chi connectivity index (χ0n) is 13.0. The average molecular weight is 309 g/mol. The Morgan fingerprint density at radius 3 is 2.57 bits per heavy atom. The van der Waals surface area contributed by atoms with Gasteiger partial charge >= 0.3 is 0 Å². The summed E-state index contributed by atoms with van der Waals surface area (Å²) < 4.78 is 5.35. The van der Waals surface area contributed by atoms with Crippen molar-refractivity contribution in [1.82, 2.24) is 10.6 Å². The first-order valence-corrected chi connectivity index (χ1v) is 7.33. The molecule has 2 rings (SSSR count). The highest BCUT2D eigenvalue weighted by Gasteiger charge is 2.00. The molecule has 23 heavy (non-hydrogen) atoms. The zero-order valence-corrected chi connectivity index (χ0v) is 13.0. The van der Waals surface area contributed by atoms with Crippen molar-refractivity contribution in [3.8, 4) is 11.8 Å². The van der Waals surface area contributed by atoms with E-state index in [9.17, 15) is 4.79 Å². The second-order valence-electron chi connectivity index (χ2n) is 5.02. The number of hydrogen-bond acceptors (Lipinski definition) is 4. The van der Waals surface area contributed by atoms with E-state index in [0.717, 1.165) is 11.1 Å². The number of hydrogen-bond donors (Lipinski definition) is 2. The van der Waals surface area contributed by atoms with E-state index in [0.29, 0.717) is 24.4 Å². The molecular formula is C18H19N3O2. The molecule has 5 nitrogen and oxygen atoms in total. The number of benzene rings is 2. The highest BCUT2D eigenvalue weighted by molar-refractivity contribution is 5.77. The highest BCUT2D eigenvalue weighted by atomic mass is 16.5. The van der Waals surface area contributed by atoms with Crippen LogP contribution in [0.1, 0.15) is 16.7 Å². The Morgan fingerprint density at radius 1 is 1.13 bits per heavy atom. The number of nitrogens with one attached hydrogen (secondary N) is 2. The van der Waals surface area contributed by atoms with Gasteiger partial charge in [0, 0.05) is 20.1 Å². The van der Waals surface area contributed by atoms with Gasteiger partial charge in [-0.2, -0.15) is 5.26 Å². The molecule has 2 aromatic carbocycles. The van der Waals surface area contributed by atoms with Crippen LogP contribution in [0.4, 0.5) is 0 Å². The molecule has 2 aromatic rings. The summed E-state index contributed by atoms with van der Waals surface area (Å²) in [5.74, 6) is 0.509. The maximum Gasteiger partial charge on any atom is 0.257 e. The topological polar surface area (TPSA) is 74.2 Å². The first kappa shape index (κ1) is 16.5. The van der Waals surface area contributed by atoms with Crippen LogP contribution in [0.5, 0.6) is 5.75 Å². The lowest BCUT2D eigenvalue weighted by Gasteiger charge is -2.08. The number of carbonyl (C=O) groups excluding carboxylic acids is 1. The molecule has 0 spiro atoms. The molecule has 5 heteroatoms. The molecule has 0 heterocycles. The molecule has 0 atom stereocenters. The summed E-state index contributed by atoms with van der Waals surface area (Å²) in [6.07, 6.45) is 0. The van der Waals surface area contributed by atoms with Crippen LogP contribution in [-0.4, -0.2) is 19.6 Å². The fraction of sp³-hybridized carbons (Fsp3) is 0.222. The molecule has 0 aliphatic heterocycles. The predicted octanol–water partition coefficient (Wildman–Crippen LogP) is 1.97. The Balaban J connectivity index is 1.79. The van der Waals surface area contributed by atoms with Crippen molar-refractivity contribution < 1.29 is 9.53 Å². The Bertz CT molecular complexity index is 690. The van der Waals surface area contributed by atoms with Crippen LogP contribution in [0.2, 0.25) is 0 Å². The molecule has 0 unspecified atom stereocenters. The summed E-state index contributed by atoms with van der Waals surface area (Å²) in [5, 5.41) is 14.7. The van der Waals surface area contributed by atoms with Crippen LogP contribution < -0.4 is 15.4 Å². The second kappa shape index (κ2) is 8.57. The average Bonchev–Trinajstić information content (AvgIpc) is 2.61. The lowest BCUT2D eigenvalue weighted by atomic mass is 10.1. The Kier molecular flexibility index (Phi) is 6.16. The minimum atomic E-state index is -0.157. The SMILES string of the molecule is CNC(=O)COc1ccc(CNCc2cccc(C#N)c2)cc1. The van der Waals surface area contributed by atoms with E-state index < -0.39 is 0 Å². The first-order valence-electron chi connectivity index (χ1n) is 7.33. The molecule has 0 aliphatic carbocycles. The number of ether oxygens (including phenoxy) is 1. The summed E-state index contributed by atoms with van der Waals surface area (Å²) in [5.41, 5.74) is 2.87. The Morgan fingerprint density at radius 2 is 1.87 bits per heavy atom. The quantitative estimate of drug-likeness (QED) is 0.820. The standard InChI is InChI=1S/C18H19N3O2/c1-20-18(22)13-23-17-7-5-14(6-8-17)11-21-12-16-4-2-3-15(9-16)10-19/h2-9,21H,11-13H2,1H3,(H,20,22). The molecule has 0 fully saturated rings. The van der Waals surface area contributed by atoms with Crippen LogP contribution in [0.25, 0.3) is 0 Å². The summed E-state index contributed by atoms with van der Waals surface area (Å²) in [4.78, 5) is 11.1. The van der Waals surface area contributed by atoms with E-state index in [1.165, 1.54) is 0 Å². The van der Waals surface area contributed by atoms with Crippen molar-refractivity contribution in [3.05, 3.63) is 65.2 Å². The first-order chi connectivity index (χ1) is 11.2. The van der Waals surface area contributed by atoms with Gasteiger partial charge in [-0.05, 0) is 35.4 Å². The smallest absolute Gasteiger partial charge is 0.257 e. The zero-order chi connectivity index (χ0) is 16.5. The summed E-state index contributed by atoms with van der Waals surface area (Å²) in [7, 11) is 1.58. The van der Waals surface area contributed by atoms with E-state index in [4.69, 9.17) is 10.00 Å². The van der Waals surface area contributed by atoms with Gasteiger partial charge in [0.05, 0.1) is 11.6 Å². The lowest BCUT2D eigenvalue weighted by molar-refractivity contribution is -0.122. The van der Waals surface area contributed by atoms with Crippen molar-refractivity contribution in [1.29, 1.82) is 5.26 Å². The summed E-state index contributed by atoms with van der Waals surface area (Å²) in [6, 6.07) is 17.3. The van der Waals surface area contributed by atoms with Crippen molar-refractivity contribution >= 4 is 5.91 Å². The lowest BCUT2D eigenvalue weighted by Crippen LogP contribution is -2.24. The van der Waals surface area contributed by atoms with Crippen LogP contribution in [0, 0.1) is 11.3 Å². The van der Waals surface area contributed by atoms with Gasteiger partial charge in [-0.3, -0.25) is 4.79 Å². The number of likely N-dealkylation sites (N-methyl/N-ethyl adjacent to an activating group) is 1. The maximum atomic E-state index is 11.1. The molecular weight excluding hydrogens is 290 g/mol. The Labute approximate surface area is 135 Å². The van der Waals surface area contributed by atoms with Gasteiger partial charge in [-0.25, -0.2) is 0 Å². The number of carbonyl (C=O) groups is 1. The monoisotopic (exact) mass is 309 g/mol. The van der Waals surface area contributed by atoms with Crippen LogP contribution in [-0.2, 0) is 17.9 Å². The number of amides is 1. The van der Waals surface area contributed by atoms with E-state index >= 15 is 0 Å². The molecule has 0 aromatic heterocycles. The molecule has 0 aliphatic rings. The largest absolute Gasteiger partial charge is 0.484 e. The predicted molar refractivity (Wildman–Crippen MR) is 87.7 cm³/mol. The minimum absolute atomic E-state index is 0.0172. The third-order valence-electron chi connectivity index (χ3n) is 3.29. The van der Waals surface area contributed by atoms with Crippen molar-refractivity contribution in [2.45, 2.75) is 13.1 Å². The van der Waals surface area contributed by atoms with E-state index in [2.05, 4.69) is 16.7 Å². The van der Waals surface area contributed by atoms with Gasteiger partial charge in [-0.1, -0.05) is 24.3 Å². The van der Waals surface area contributed by atoms with Gasteiger partial charge in [0.1, 0.15) is 5.75 Å².